The van der Waals surface area contributed by atoms with E-state index in [2.05, 4.69) is 20.9 Å². The zero-order valence-corrected chi connectivity index (χ0v) is 7.54. The van der Waals surface area contributed by atoms with Crippen molar-refractivity contribution in [2.75, 3.05) is 0 Å². The minimum absolute atomic E-state index is 0.395. The molecule has 4 heteroatoms. The fraction of sp³-hybridized carbons (Fsp3) is 0. The SMILES string of the molecule is O=Cc1cccc2oc(Br)nc12. The molecule has 1 aromatic heterocycles. The van der Waals surface area contributed by atoms with E-state index >= 15 is 0 Å². The maximum atomic E-state index is 10.5. The summed E-state index contributed by atoms with van der Waals surface area (Å²) in [7, 11) is 0. The van der Waals surface area contributed by atoms with Crippen LogP contribution in [0.4, 0.5) is 0 Å². The third kappa shape index (κ3) is 1.04. The van der Waals surface area contributed by atoms with Crippen molar-refractivity contribution in [3.8, 4) is 0 Å². The number of halogens is 1. The van der Waals surface area contributed by atoms with Crippen LogP contribution in [-0.4, -0.2) is 11.3 Å². The van der Waals surface area contributed by atoms with E-state index in [0.717, 1.165) is 6.29 Å². The molecule has 0 fully saturated rings. The number of aromatic nitrogens is 1. The molecule has 1 heterocycles. The van der Waals surface area contributed by atoms with E-state index in [1.54, 1.807) is 18.2 Å². The van der Waals surface area contributed by atoms with E-state index in [9.17, 15) is 4.79 Å². The number of rotatable bonds is 1. The maximum Gasteiger partial charge on any atom is 0.265 e. The van der Waals surface area contributed by atoms with Gasteiger partial charge in [-0.1, -0.05) is 6.07 Å². The Morgan fingerprint density at radius 1 is 1.50 bits per heavy atom. The molecule has 12 heavy (non-hydrogen) atoms. The number of carbonyl (C=O) groups is 1. The smallest absolute Gasteiger partial charge is 0.265 e. The number of fused-ring (bicyclic) bond motifs is 1. The normalized spacial score (nSPS) is 10.4. The van der Waals surface area contributed by atoms with Crippen molar-refractivity contribution < 1.29 is 9.21 Å². The van der Waals surface area contributed by atoms with Crippen molar-refractivity contribution >= 4 is 33.3 Å². The lowest BCUT2D eigenvalue weighted by Gasteiger charge is -1.87. The first-order chi connectivity index (χ1) is 5.81. The molecular formula is C8H4BrNO2. The van der Waals surface area contributed by atoms with Crippen LogP contribution in [0.25, 0.3) is 11.1 Å². The Bertz CT molecular complexity index is 436. The van der Waals surface area contributed by atoms with E-state index in [1.165, 1.54) is 0 Å². The van der Waals surface area contributed by atoms with Crippen LogP contribution in [0.3, 0.4) is 0 Å². The van der Waals surface area contributed by atoms with E-state index in [4.69, 9.17) is 4.42 Å². The van der Waals surface area contributed by atoms with Gasteiger partial charge in [0.1, 0.15) is 5.52 Å². The highest BCUT2D eigenvalue weighted by Crippen LogP contribution is 2.21. The maximum absolute atomic E-state index is 10.5. The monoisotopic (exact) mass is 225 g/mol. The molecule has 1 aromatic carbocycles. The molecule has 0 saturated carbocycles. The van der Waals surface area contributed by atoms with E-state index in [1.807, 2.05) is 0 Å². The van der Waals surface area contributed by atoms with Gasteiger partial charge in [-0.3, -0.25) is 4.79 Å². The fourth-order valence-corrected chi connectivity index (χ4v) is 1.39. The summed E-state index contributed by atoms with van der Waals surface area (Å²) in [6.45, 7) is 0. The minimum Gasteiger partial charge on any atom is -0.431 e. The molecule has 3 nitrogen and oxygen atoms in total. The van der Waals surface area contributed by atoms with Crippen LogP contribution < -0.4 is 0 Å². The van der Waals surface area contributed by atoms with Gasteiger partial charge in [-0.25, -0.2) is 4.98 Å². The summed E-state index contributed by atoms with van der Waals surface area (Å²) in [6, 6.07) is 5.22. The number of hydrogen-bond donors (Lipinski definition) is 0. The Balaban J connectivity index is 2.86. The molecule has 0 saturated heterocycles. The van der Waals surface area contributed by atoms with E-state index < -0.39 is 0 Å². The Morgan fingerprint density at radius 3 is 3.08 bits per heavy atom. The molecule has 0 unspecified atom stereocenters. The average molecular weight is 226 g/mol. The van der Waals surface area contributed by atoms with Crippen LogP contribution in [0.15, 0.2) is 27.4 Å². The summed E-state index contributed by atoms with van der Waals surface area (Å²) < 4.78 is 5.16. The quantitative estimate of drug-likeness (QED) is 0.701. The molecule has 0 bridgehead atoms. The third-order valence-electron chi connectivity index (χ3n) is 1.55. The van der Waals surface area contributed by atoms with Crippen LogP contribution >= 0.6 is 15.9 Å². The molecule has 0 N–H and O–H groups in total. The minimum atomic E-state index is 0.395. The van der Waals surface area contributed by atoms with Gasteiger partial charge in [-0.2, -0.15) is 0 Å². The van der Waals surface area contributed by atoms with Crippen LogP contribution in [-0.2, 0) is 0 Å². The first kappa shape index (κ1) is 7.49. The van der Waals surface area contributed by atoms with Crippen molar-refractivity contribution in [3.05, 3.63) is 28.6 Å². The molecule has 60 valence electrons. The Morgan fingerprint density at radius 2 is 2.33 bits per heavy atom. The molecule has 2 aromatic rings. The first-order valence-corrected chi connectivity index (χ1v) is 4.11. The van der Waals surface area contributed by atoms with Crippen molar-refractivity contribution in [2.45, 2.75) is 0 Å². The van der Waals surface area contributed by atoms with Gasteiger partial charge in [0.25, 0.3) is 4.80 Å². The second kappa shape index (κ2) is 2.71. The predicted octanol–water partition coefficient (Wildman–Crippen LogP) is 2.40. The van der Waals surface area contributed by atoms with E-state index in [-0.39, 0.29) is 0 Å². The lowest BCUT2D eigenvalue weighted by molar-refractivity contribution is 0.112. The number of para-hydroxylation sites is 1. The topological polar surface area (TPSA) is 43.1 Å². The molecule has 0 aliphatic carbocycles. The lowest BCUT2D eigenvalue weighted by Crippen LogP contribution is -1.80. The Kier molecular flexibility index (Phi) is 1.69. The summed E-state index contributed by atoms with van der Waals surface area (Å²) in [6.07, 6.45) is 0.761. The number of aldehydes is 1. The fourth-order valence-electron chi connectivity index (χ4n) is 1.04. The Labute approximate surface area is 76.5 Å². The van der Waals surface area contributed by atoms with Crippen LogP contribution in [0.5, 0.6) is 0 Å². The van der Waals surface area contributed by atoms with Gasteiger partial charge in [-0.15, -0.1) is 0 Å². The third-order valence-corrected chi connectivity index (χ3v) is 1.89. The number of nitrogens with zero attached hydrogens (tertiary/aromatic N) is 1. The summed E-state index contributed by atoms with van der Waals surface area (Å²) >= 11 is 3.09. The number of benzene rings is 1. The number of carbonyl (C=O) groups excluding carboxylic acids is 1. The molecular weight excluding hydrogens is 222 g/mol. The van der Waals surface area contributed by atoms with Crippen molar-refractivity contribution in [1.29, 1.82) is 0 Å². The van der Waals surface area contributed by atoms with Crippen LogP contribution in [0.1, 0.15) is 10.4 Å². The summed E-state index contributed by atoms with van der Waals surface area (Å²) in [5.41, 5.74) is 1.76. The highest BCUT2D eigenvalue weighted by molar-refractivity contribution is 9.10. The van der Waals surface area contributed by atoms with Gasteiger partial charge in [0.15, 0.2) is 11.9 Å². The number of hydrogen-bond acceptors (Lipinski definition) is 3. The molecule has 0 aliphatic heterocycles. The van der Waals surface area contributed by atoms with Gasteiger partial charge in [0, 0.05) is 21.5 Å². The van der Waals surface area contributed by atoms with Crippen molar-refractivity contribution in [2.24, 2.45) is 0 Å². The zero-order valence-electron chi connectivity index (χ0n) is 5.95. The summed E-state index contributed by atoms with van der Waals surface area (Å²) in [4.78, 5) is 14.9. The first-order valence-electron chi connectivity index (χ1n) is 3.31. The van der Waals surface area contributed by atoms with Crippen molar-refractivity contribution in [3.63, 3.8) is 0 Å². The lowest BCUT2D eigenvalue weighted by atomic mass is 10.2. The van der Waals surface area contributed by atoms with Gasteiger partial charge in [0.2, 0.25) is 0 Å². The highest BCUT2D eigenvalue weighted by Gasteiger charge is 2.05. The van der Waals surface area contributed by atoms with Crippen molar-refractivity contribution in [1.82, 2.24) is 4.98 Å². The van der Waals surface area contributed by atoms with Crippen LogP contribution in [0.2, 0.25) is 0 Å². The predicted molar refractivity (Wildman–Crippen MR) is 47.1 cm³/mol. The van der Waals surface area contributed by atoms with Gasteiger partial charge >= 0.3 is 0 Å². The highest BCUT2D eigenvalue weighted by atomic mass is 79.9. The molecule has 0 atom stereocenters. The average Bonchev–Trinajstić information content (AvgIpc) is 2.44. The van der Waals surface area contributed by atoms with Crippen LogP contribution in [0, 0.1) is 0 Å². The largest absolute Gasteiger partial charge is 0.431 e. The molecule has 2 rings (SSSR count). The standard InChI is InChI=1S/C8H4BrNO2/c9-8-10-7-5(4-11)2-1-3-6(7)12-8/h1-4H. The summed E-state index contributed by atoms with van der Waals surface area (Å²) in [5, 5.41) is 0. The molecule has 0 spiro atoms. The number of oxazole rings is 1. The molecule has 0 aliphatic rings. The second-order valence-corrected chi connectivity index (χ2v) is 2.96. The molecule has 0 radical (unpaired) electrons. The van der Waals surface area contributed by atoms with Gasteiger partial charge in [-0.05, 0) is 12.1 Å². The summed E-state index contributed by atoms with van der Waals surface area (Å²) in [5.74, 6) is 0. The van der Waals surface area contributed by atoms with Gasteiger partial charge in [0.05, 0.1) is 0 Å². The second-order valence-electron chi connectivity index (χ2n) is 2.28. The molecule has 0 amide bonds. The Hall–Kier alpha value is -1.16. The van der Waals surface area contributed by atoms with E-state index in [0.29, 0.717) is 21.5 Å². The van der Waals surface area contributed by atoms with Gasteiger partial charge < -0.3 is 4.42 Å². The zero-order chi connectivity index (χ0) is 8.55.